The van der Waals surface area contributed by atoms with Gasteiger partial charge in [0.25, 0.3) is 5.55 Å². The quantitative estimate of drug-likeness (QED) is 0.327. The van der Waals surface area contributed by atoms with Gasteiger partial charge in [-0.3, -0.25) is 9.59 Å². The number of alkyl halides is 5. The van der Waals surface area contributed by atoms with E-state index in [1.807, 2.05) is 0 Å². The third kappa shape index (κ3) is 4.90. The molecule has 0 aromatic carbocycles. The molecule has 0 aromatic rings. The number of carboxylic acids is 1. The molecule has 0 aromatic heterocycles. The Morgan fingerprint density at radius 1 is 1.00 bits per heavy atom. The molecule has 0 rings (SSSR count). The van der Waals surface area contributed by atoms with Gasteiger partial charge in [0.2, 0.25) is 5.41 Å². The Morgan fingerprint density at radius 2 is 1.42 bits per heavy atom. The lowest BCUT2D eigenvalue weighted by Gasteiger charge is -2.41. The molecule has 0 heterocycles. The largest absolute Gasteiger partial charge is 0.480 e. The van der Waals surface area contributed by atoms with E-state index in [0.29, 0.717) is 0 Å². The highest BCUT2D eigenvalue weighted by atomic mass is 28.3. The summed E-state index contributed by atoms with van der Waals surface area (Å²) in [5, 5.41) is 9.23. The van der Waals surface area contributed by atoms with Crippen LogP contribution >= 0.6 is 0 Å². The SMILES string of the molecule is CC(C)(C)COC(=O)C(CC(F)(F)F)(C(=O)O)C(F)(F)[Si](C)(C)C. The number of carbonyl (C=O) groups is 2. The van der Waals surface area contributed by atoms with Gasteiger partial charge in [-0.1, -0.05) is 40.4 Å². The van der Waals surface area contributed by atoms with Crippen molar-refractivity contribution < 1.29 is 41.4 Å². The van der Waals surface area contributed by atoms with Crippen molar-refractivity contribution in [3.8, 4) is 0 Å². The average molecular weight is 378 g/mol. The fourth-order valence-corrected chi connectivity index (χ4v) is 3.53. The summed E-state index contributed by atoms with van der Waals surface area (Å²) in [5.74, 6) is -4.60. The Kier molecular flexibility index (Phi) is 6.28. The summed E-state index contributed by atoms with van der Waals surface area (Å²) in [6, 6.07) is 0. The molecule has 4 nitrogen and oxygen atoms in total. The first kappa shape index (κ1) is 22.8. The van der Waals surface area contributed by atoms with Crippen molar-refractivity contribution >= 4 is 20.0 Å². The zero-order chi connectivity index (χ0) is 19.8. The first-order chi connectivity index (χ1) is 10.3. The molecule has 0 aliphatic rings. The zero-order valence-corrected chi connectivity index (χ0v) is 15.5. The van der Waals surface area contributed by atoms with Crippen molar-refractivity contribution in [1.29, 1.82) is 0 Å². The number of carbonyl (C=O) groups excluding carboxylic acids is 1. The molecule has 24 heavy (non-hydrogen) atoms. The Balaban J connectivity index is 6.25. The van der Waals surface area contributed by atoms with Crippen LogP contribution in [-0.4, -0.2) is 43.4 Å². The van der Waals surface area contributed by atoms with Crippen LogP contribution < -0.4 is 0 Å². The summed E-state index contributed by atoms with van der Waals surface area (Å²) in [4.78, 5) is 23.7. The number of esters is 1. The first-order valence-corrected chi connectivity index (χ1v) is 10.6. The highest BCUT2D eigenvalue weighted by molar-refractivity contribution is 6.79. The lowest BCUT2D eigenvalue weighted by atomic mass is 9.83. The van der Waals surface area contributed by atoms with E-state index < -0.39 is 55.6 Å². The summed E-state index contributed by atoms with van der Waals surface area (Å²) < 4.78 is 72.8. The predicted molar refractivity (Wildman–Crippen MR) is 79.4 cm³/mol. The van der Waals surface area contributed by atoms with Crippen molar-refractivity contribution in [3.05, 3.63) is 0 Å². The molecule has 0 aliphatic heterocycles. The van der Waals surface area contributed by atoms with Gasteiger partial charge in [0.1, 0.15) is 8.07 Å². The van der Waals surface area contributed by atoms with E-state index in [9.17, 15) is 36.6 Å². The Hall–Kier alpha value is -1.19. The number of halogens is 5. The molecular formula is C14H23F5O4Si. The summed E-state index contributed by atoms with van der Waals surface area (Å²) in [5.41, 5.74) is -9.11. The highest BCUT2D eigenvalue weighted by Crippen LogP contribution is 2.50. The van der Waals surface area contributed by atoms with E-state index in [2.05, 4.69) is 4.74 Å². The number of hydrogen-bond acceptors (Lipinski definition) is 3. The van der Waals surface area contributed by atoms with Crippen LogP contribution in [0.3, 0.4) is 0 Å². The van der Waals surface area contributed by atoms with Crippen molar-refractivity contribution in [3.63, 3.8) is 0 Å². The summed E-state index contributed by atoms with van der Waals surface area (Å²) in [7, 11) is -3.84. The molecule has 0 aliphatic carbocycles. The van der Waals surface area contributed by atoms with Crippen LogP contribution in [-0.2, 0) is 14.3 Å². The maximum atomic E-state index is 14.8. The minimum Gasteiger partial charge on any atom is -0.480 e. The third-order valence-electron chi connectivity index (χ3n) is 3.29. The maximum absolute atomic E-state index is 14.8. The van der Waals surface area contributed by atoms with Crippen molar-refractivity contribution in [2.45, 2.75) is 58.6 Å². The van der Waals surface area contributed by atoms with Crippen LogP contribution in [0.2, 0.25) is 19.6 Å². The van der Waals surface area contributed by atoms with E-state index in [1.165, 1.54) is 0 Å². The van der Waals surface area contributed by atoms with E-state index in [4.69, 9.17) is 0 Å². The van der Waals surface area contributed by atoms with Crippen molar-refractivity contribution in [1.82, 2.24) is 0 Å². The van der Waals surface area contributed by atoms with Gasteiger partial charge in [0.15, 0.2) is 0 Å². The lowest BCUT2D eigenvalue weighted by Crippen LogP contribution is -2.65. The molecule has 0 radical (unpaired) electrons. The van der Waals surface area contributed by atoms with Crippen LogP contribution in [0.5, 0.6) is 0 Å². The second kappa shape index (κ2) is 6.60. The van der Waals surface area contributed by atoms with Gasteiger partial charge < -0.3 is 9.84 Å². The van der Waals surface area contributed by atoms with Crippen LogP contribution in [0.4, 0.5) is 22.0 Å². The molecule has 1 atom stereocenters. The summed E-state index contributed by atoms with van der Waals surface area (Å²) >= 11 is 0. The first-order valence-electron chi connectivity index (χ1n) is 7.13. The fourth-order valence-electron chi connectivity index (χ4n) is 1.95. The van der Waals surface area contributed by atoms with Gasteiger partial charge in [-0.15, -0.1) is 0 Å². The Labute approximate surface area is 138 Å². The van der Waals surface area contributed by atoms with Gasteiger partial charge in [-0.05, 0) is 5.41 Å². The average Bonchev–Trinajstić information content (AvgIpc) is 2.28. The zero-order valence-electron chi connectivity index (χ0n) is 14.5. The Morgan fingerprint density at radius 3 is 1.67 bits per heavy atom. The van der Waals surface area contributed by atoms with Gasteiger partial charge in [0.05, 0.1) is 13.0 Å². The van der Waals surface area contributed by atoms with E-state index >= 15 is 0 Å². The minimum atomic E-state index is -5.29. The van der Waals surface area contributed by atoms with Crippen LogP contribution in [0, 0.1) is 10.8 Å². The molecule has 0 saturated carbocycles. The number of ether oxygens (including phenoxy) is 1. The monoisotopic (exact) mass is 378 g/mol. The lowest BCUT2D eigenvalue weighted by molar-refractivity contribution is -0.218. The molecule has 0 fully saturated rings. The molecule has 0 saturated heterocycles. The second-order valence-electron chi connectivity index (χ2n) is 7.96. The smallest absolute Gasteiger partial charge is 0.391 e. The predicted octanol–water partition coefficient (Wildman–Crippen LogP) is 4.11. The van der Waals surface area contributed by atoms with E-state index in [0.717, 1.165) is 19.6 Å². The molecule has 142 valence electrons. The van der Waals surface area contributed by atoms with E-state index in [1.54, 1.807) is 20.8 Å². The summed E-state index contributed by atoms with van der Waals surface area (Å²) in [6.07, 6.45) is -7.78. The minimum absolute atomic E-state index is 0.486. The van der Waals surface area contributed by atoms with Gasteiger partial charge in [-0.25, -0.2) is 8.78 Å². The molecule has 0 spiro atoms. The molecule has 0 bridgehead atoms. The van der Waals surface area contributed by atoms with Gasteiger partial charge in [-0.2, -0.15) is 13.2 Å². The summed E-state index contributed by atoms with van der Waals surface area (Å²) in [6.45, 7) is 7.18. The van der Waals surface area contributed by atoms with Crippen molar-refractivity contribution in [2.24, 2.45) is 10.8 Å². The topological polar surface area (TPSA) is 63.6 Å². The number of carboxylic acid groups (broad SMARTS) is 1. The normalized spacial score (nSPS) is 16.5. The maximum Gasteiger partial charge on any atom is 0.391 e. The van der Waals surface area contributed by atoms with Crippen LogP contribution in [0.25, 0.3) is 0 Å². The van der Waals surface area contributed by atoms with Gasteiger partial charge >= 0.3 is 18.1 Å². The molecular weight excluding hydrogens is 355 g/mol. The second-order valence-corrected chi connectivity index (χ2v) is 13.1. The van der Waals surface area contributed by atoms with Crippen LogP contribution in [0.1, 0.15) is 27.2 Å². The highest BCUT2D eigenvalue weighted by Gasteiger charge is 2.73. The molecule has 10 heteroatoms. The van der Waals surface area contributed by atoms with Crippen molar-refractivity contribution in [2.75, 3.05) is 6.61 Å². The number of aliphatic carboxylic acids is 1. The molecule has 0 amide bonds. The molecule has 1 N–H and O–H groups in total. The molecule has 1 unspecified atom stereocenters. The van der Waals surface area contributed by atoms with E-state index in [-0.39, 0.29) is 0 Å². The van der Waals surface area contributed by atoms with Gasteiger partial charge in [0, 0.05) is 0 Å². The standard InChI is InChI=1S/C14H23F5O4Si/c1-11(2,3)8-23-10(22)12(9(20)21,7-13(15,16)17)14(18,19)24(4,5)6/h7-8H2,1-6H3,(H,20,21). The number of rotatable bonds is 6. The number of hydrogen-bond donors (Lipinski definition) is 1. The third-order valence-corrected chi connectivity index (χ3v) is 5.60. The Bertz CT molecular complexity index is 491. The fraction of sp³-hybridized carbons (Fsp3) is 0.857. The van der Waals surface area contributed by atoms with Crippen LogP contribution in [0.15, 0.2) is 0 Å².